The van der Waals surface area contributed by atoms with E-state index in [0.717, 1.165) is 12.2 Å². The minimum absolute atomic E-state index is 0.229. The number of rotatable bonds is 8. The van der Waals surface area contributed by atoms with Gasteiger partial charge in [0.2, 0.25) is 5.91 Å². The Morgan fingerprint density at radius 2 is 2.06 bits per heavy atom. The Morgan fingerprint density at radius 3 is 2.56 bits per heavy atom. The lowest BCUT2D eigenvalue weighted by Gasteiger charge is -2.14. The van der Waals surface area contributed by atoms with Crippen molar-refractivity contribution in [3.05, 3.63) is 0 Å². The first kappa shape index (κ1) is 15.2. The van der Waals surface area contributed by atoms with E-state index in [-0.39, 0.29) is 5.91 Å². The van der Waals surface area contributed by atoms with Crippen LogP contribution in [0.15, 0.2) is 0 Å². The van der Waals surface area contributed by atoms with E-state index in [1.807, 2.05) is 0 Å². The molecule has 0 aromatic carbocycles. The second-order valence-electron chi connectivity index (χ2n) is 3.20. The Bertz CT molecular complexity index is 223. The van der Waals surface area contributed by atoms with Crippen molar-refractivity contribution >= 4 is 23.6 Å². The standard InChI is InChI=1S/C10H19NO4S/c1-8(12)11-9(10(13)15-3)7-16-6-4-5-14-2/h9H,4-7H2,1-3H3,(H,11,12). The van der Waals surface area contributed by atoms with Crippen LogP contribution < -0.4 is 5.32 Å². The van der Waals surface area contributed by atoms with Crippen molar-refractivity contribution in [1.29, 1.82) is 0 Å². The zero-order chi connectivity index (χ0) is 12.4. The van der Waals surface area contributed by atoms with Gasteiger partial charge in [-0.2, -0.15) is 11.8 Å². The summed E-state index contributed by atoms with van der Waals surface area (Å²) in [6.45, 7) is 2.08. The number of amides is 1. The largest absolute Gasteiger partial charge is 0.467 e. The molecule has 0 heterocycles. The zero-order valence-electron chi connectivity index (χ0n) is 9.95. The molecule has 0 aliphatic rings. The maximum absolute atomic E-state index is 11.3. The third-order valence-corrected chi connectivity index (χ3v) is 2.93. The average Bonchev–Trinajstić information content (AvgIpc) is 2.25. The van der Waals surface area contributed by atoms with Crippen molar-refractivity contribution < 1.29 is 19.1 Å². The monoisotopic (exact) mass is 249 g/mol. The normalized spacial score (nSPS) is 11.9. The van der Waals surface area contributed by atoms with E-state index in [9.17, 15) is 9.59 Å². The molecule has 0 fully saturated rings. The van der Waals surface area contributed by atoms with Crippen LogP contribution in [0.1, 0.15) is 13.3 Å². The van der Waals surface area contributed by atoms with E-state index >= 15 is 0 Å². The lowest BCUT2D eigenvalue weighted by Crippen LogP contribution is -2.42. The Labute approximate surface area is 100 Å². The lowest BCUT2D eigenvalue weighted by atomic mass is 10.3. The number of nitrogens with one attached hydrogen (secondary N) is 1. The van der Waals surface area contributed by atoms with Crippen LogP contribution >= 0.6 is 11.8 Å². The summed E-state index contributed by atoms with van der Waals surface area (Å²) in [5.41, 5.74) is 0. The molecule has 1 N–H and O–H groups in total. The fraction of sp³-hybridized carbons (Fsp3) is 0.800. The first-order chi connectivity index (χ1) is 7.61. The number of hydrogen-bond acceptors (Lipinski definition) is 5. The number of methoxy groups -OCH3 is 2. The fourth-order valence-corrected chi connectivity index (χ4v) is 2.01. The van der Waals surface area contributed by atoms with Crippen LogP contribution in [0, 0.1) is 0 Å². The molecule has 0 spiro atoms. The minimum atomic E-state index is -0.560. The van der Waals surface area contributed by atoms with E-state index in [1.54, 1.807) is 18.9 Å². The molecular weight excluding hydrogens is 230 g/mol. The molecule has 1 unspecified atom stereocenters. The van der Waals surface area contributed by atoms with Gasteiger partial charge < -0.3 is 14.8 Å². The fourth-order valence-electron chi connectivity index (χ4n) is 1.06. The van der Waals surface area contributed by atoms with E-state index in [0.29, 0.717) is 12.4 Å². The van der Waals surface area contributed by atoms with Crippen LogP contribution in [0.5, 0.6) is 0 Å². The average molecular weight is 249 g/mol. The van der Waals surface area contributed by atoms with E-state index in [1.165, 1.54) is 14.0 Å². The Balaban J connectivity index is 3.83. The summed E-state index contributed by atoms with van der Waals surface area (Å²) >= 11 is 1.59. The summed E-state index contributed by atoms with van der Waals surface area (Å²) in [6.07, 6.45) is 0.926. The summed E-state index contributed by atoms with van der Waals surface area (Å²) < 4.78 is 9.51. The molecule has 0 rings (SSSR count). The number of hydrogen-bond donors (Lipinski definition) is 1. The van der Waals surface area contributed by atoms with Crippen LogP contribution in [0.3, 0.4) is 0 Å². The highest BCUT2D eigenvalue weighted by Gasteiger charge is 2.19. The van der Waals surface area contributed by atoms with Gasteiger partial charge in [0.1, 0.15) is 6.04 Å². The van der Waals surface area contributed by atoms with Gasteiger partial charge in [0, 0.05) is 26.4 Å². The van der Waals surface area contributed by atoms with Crippen LogP contribution in [0.25, 0.3) is 0 Å². The molecule has 16 heavy (non-hydrogen) atoms. The molecule has 6 heteroatoms. The van der Waals surface area contributed by atoms with Crippen molar-refractivity contribution in [3.63, 3.8) is 0 Å². The molecular formula is C10H19NO4S. The van der Waals surface area contributed by atoms with Crippen LogP contribution in [-0.4, -0.2) is 50.3 Å². The Kier molecular flexibility index (Phi) is 9.03. The van der Waals surface area contributed by atoms with Crippen molar-refractivity contribution in [1.82, 2.24) is 5.32 Å². The van der Waals surface area contributed by atoms with Gasteiger partial charge in [-0.15, -0.1) is 0 Å². The van der Waals surface area contributed by atoms with Gasteiger partial charge in [-0.05, 0) is 12.2 Å². The number of carbonyl (C=O) groups excluding carboxylic acids is 2. The summed E-state index contributed by atoms with van der Waals surface area (Å²) in [5.74, 6) is 0.777. The summed E-state index contributed by atoms with van der Waals surface area (Å²) in [5, 5.41) is 2.56. The summed E-state index contributed by atoms with van der Waals surface area (Å²) in [6, 6.07) is -0.560. The van der Waals surface area contributed by atoms with Gasteiger partial charge in [0.05, 0.1) is 7.11 Å². The van der Waals surface area contributed by atoms with Gasteiger partial charge in [-0.1, -0.05) is 0 Å². The van der Waals surface area contributed by atoms with Crippen molar-refractivity contribution in [2.75, 3.05) is 32.3 Å². The van der Waals surface area contributed by atoms with E-state index in [4.69, 9.17) is 4.74 Å². The predicted molar refractivity (Wildman–Crippen MR) is 63.4 cm³/mol. The van der Waals surface area contributed by atoms with Crippen LogP contribution in [-0.2, 0) is 19.1 Å². The minimum Gasteiger partial charge on any atom is -0.467 e. The Hall–Kier alpha value is -0.750. The first-order valence-corrected chi connectivity index (χ1v) is 6.19. The molecule has 0 saturated heterocycles. The zero-order valence-corrected chi connectivity index (χ0v) is 10.8. The SMILES string of the molecule is COCCCSCC(NC(C)=O)C(=O)OC. The van der Waals surface area contributed by atoms with Crippen molar-refractivity contribution in [2.24, 2.45) is 0 Å². The number of carbonyl (C=O) groups is 2. The summed E-state index contributed by atoms with van der Waals surface area (Å²) in [7, 11) is 2.96. The molecule has 1 atom stereocenters. The number of ether oxygens (including phenoxy) is 2. The molecule has 0 bridgehead atoms. The number of thioether (sulfide) groups is 1. The topological polar surface area (TPSA) is 64.6 Å². The molecule has 0 aromatic rings. The first-order valence-electron chi connectivity index (χ1n) is 5.03. The predicted octanol–water partition coefficient (Wildman–Crippen LogP) is 0.434. The molecule has 0 saturated carbocycles. The highest BCUT2D eigenvalue weighted by atomic mass is 32.2. The van der Waals surface area contributed by atoms with Gasteiger partial charge in [-0.3, -0.25) is 4.79 Å². The summed E-state index contributed by atoms with van der Waals surface area (Å²) in [4.78, 5) is 22.2. The van der Waals surface area contributed by atoms with Gasteiger partial charge in [-0.25, -0.2) is 4.79 Å². The van der Waals surface area contributed by atoms with Crippen LogP contribution in [0.4, 0.5) is 0 Å². The van der Waals surface area contributed by atoms with Gasteiger partial charge in [0.15, 0.2) is 0 Å². The molecule has 0 aromatic heterocycles. The van der Waals surface area contributed by atoms with Crippen molar-refractivity contribution in [3.8, 4) is 0 Å². The number of esters is 1. The highest BCUT2D eigenvalue weighted by Crippen LogP contribution is 2.06. The molecule has 0 radical (unpaired) electrons. The molecule has 0 aliphatic carbocycles. The third kappa shape index (κ3) is 7.53. The van der Waals surface area contributed by atoms with Gasteiger partial charge >= 0.3 is 5.97 Å². The smallest absolute Gasteiger partial charge is 0.329 e. The van der Waals surface area contributed by atoms with Crippen molar-refractivity contribution in [2.45, 2.75) is 19.4 Å². The van der Waals surface area contributed by atoms with Gasteiger partial charge in [0.25, 0.3) is 0 Å². The van der Waals surface area contributed by atoms with Crippen LogP contribution in [0.2, 0.25) is 0 Å². The second kappa shape index (κ2) is 9.47. The molecule has 94 valence electrons. The second-order valence-corrected chi connectivity index (χ2v) is 4.35. The molecule has 0 aliphatic heterocycles. The lowest BCUT2D eigenvalue weighted by molar-refractivity contribution is -0.144. The molecule has 5 nitrogen and oxygen atoms in total. The van der Waals surface area contributed by atoms with E-state index < -0.39 is 12.0 Å². The maximum Gasteiger partial charge on any atom is 0.329 e. The Morgan fingerprint density at radius 1 is 1.38 bits per heavy atom. The maximum atomic E-state index is 11.3. The molecule has 1 amide bonds. The highest BCUT2D eigenvalue weighted by molar-refractivity contribution is 7.99. The quantitative estimate of drug-likeness (QED) is 0.499. The van der Waals surface area contributed by atoms with E-state index in [2.05, 4.69) is 10.1 Å². The third-order valence-electron chi connectivity index (χ3n) is 1.78.